The van der Waals surface area contributed by atoms with Crippen LogP contribution in [0.1, 0.15) is 19.3 Å². The minimum Gasteiger partial charge on any atom is -0.423 e. The molecule has 0 spiro atoms. The number of aromatic nitrogens is 1. The topological polar surface area (TPSA) is 58.8 Å². The minimum atomic E-state index is 0.0600. The van der Waals surface area contributed by atoms with Gasteiger partial charge in [0.1, 0.15) is 5.52 Å². The second kappa shape index (κ2) is 7.04. The number of oxazole rings is 1. The van der Waals surface area contributed by atoms with Crippen molar-refractivity contribution in [3.8, 4) is 0 Å². The van der Waals surface area contributed by atoms with Gasteiger partial charge in [-0.3, -0.25) is 4.79 Å². The van der Waals surface area contributed by atoms with Gasteiger partial charge in [0.15, 0.2) is 5.58 Å². The highest BCUT2D eigenvalue weighted by Gasteiger charge is 2.29. The van der Waals surface area contributed by atoms with Crippen molar-refractivity contribution in [2.45, 2.75) is 19.3 Å². The molecule has 2 aromatic rings. The molecule has 1 aromatic heterocycles. The Morgan fingerprint density at radius 2 is 2.08 bits per heavy atom. The summed E-state index contributed by atoms with van der Waals surface area (Å²) in [5.41, 5.74) is 1.74. The lowest BCUT2D eigenvalue weighted by atomic mass is 9.96. The van der Waals surface area contributed by atoms with Gasteiger partial charge in [-0.1, -0.05) is 12.1 Å². The number of anilines is 1. The second-order valence-corrected chi connectivity index (χ2v) is 7.17. The molecule has 4 rings (SSSR count). The zero-order valence-electron chi connectivity index (χ0n) is 14.7. The molecule has 25 heavy (non-hydrogen) atoms. The van der Waals surface area contributed by atoms with Crippen molar-refractivity contribution in [3.63, 3.8) is 0 Å². The van der Waals surface area contributed by atoms with Gasteiger partial charge < -0.3 is 19.0 Å². The van der Waals surface area contributed by atoms with E-state index >= 15 is 0 Å². The molecule has 1 aromatic carbocycles. The fraction of sp³-hybridized carbons (Fsp3) is 0.579. The summed E-state index contributed by atoms with van der Waals surface area (Å²) in [7, 11) is 1.92. The molecule has 2 aliphatic rings. The molecule has 2 fully saturated rings. The predicted octanol–water partition coefficient (Wildman–Crippen LogP) is 2.54. The van der Waals surface area contributed by atoms with E-state index < -0.39 is 0 Å². The lowest BCUT2D eigenvalue weighted by molar-refractivity contribution is -0.134. The van der Waals surface area contributed by atoms with Crippen LogP contribution in [0.3, 0.4) is 0 Å². The average Bonchev–Trinajstić information content (AvgIpc) is 3.31. The average molecular weight is 343 g/mol. The highest BCUT2D eigenvalue weighted by Crippen LogP contribution is 2.27. The molecule has 0 saturated carbocycles. The molecule has 134 valence electrons. The van der Waals surface area contributed by atoms with Gasteiger partial charge in [-0.2, -0.15) is 4.98 Å². The molecular formula is C19H25N3O3. The molecule has 1 atom stereocenters. The SMILES string of the molecule is CN(CC1CCN(c2nc3ccccc3o2)CC1)C(=O)C1CCOC1. The number of amides is 1. The van der Waals surface area contributed by atoms with Crippen LogP contribution in [0.15, 0.2) is 28.7 Å². The number of para-hydroxylation sites is 2. The Labute approximate surface area is 147 Å². The van der Waals surface area contributed by atoms with Crippen molar-refractivity contribution in [1.29, 1.82) is 0 Å². The maximum Gasteiger partial charge on any atom is 0.298 e. The van der Waals surface area contributed by atoms with E-state index in [-0.39, 0.29) is 11.8 Å². The van der Waals surface area contributed by atoms with Crippen molar-refractivity contribution >= 4 is 23.0 Å². The summed E-state index contributed by atoms with van der Waals surface area (Å²) in [5, 5.41) is 0. The summed E-state index contributed by atoms with van der Waals surface area (Å²) in [4.78, 5) is 21.1. The van der Waals surface area contributed by atoms with Crippen molar-refractivity contribution < 1.29 is 13.9 Å². The Kier molecular flexibility index (Phi) is 4.61. The number of ether oxygens (including phenoxy) is 1. The van der Waals surface area contributed by atoms with Crippen LogP contribution in [0.5, 0.6) is 0 Å². The maximum atomic E-state index is 12.4. The van der Waals surface area contributed by atoms with E-state index in [0.29, 0.717) is 25.1 Å². The quantitative estimate of drug-likeness (QED) is 0.854. The molecule has 0 aliphatic carbocycles. The molecule has 1 unspecified atom stereocenters. The lowest BCUT2D eigenvalue weighted by Crippen LogP contribution is -2.41. The summed E-state index contributed by atoms with van der Waals surface area (Å²) in [6.45, 7) is 3.97. The van der Waals surface area contributed by atoms with E-state index in [4.69, 9.17) is 9.15 Å². The maximum absolute atomic E-state index is 12.4. The van der Waals surface area contributed by atoms with Gasteiger partial charge >= 0.3 is 0 Å². The molecule has 6 heteroatoms. The standard InChI is InChI=1S/C19H25N3O3/c1-21(18(23)15-8-11-24-13-15)12-14-6-9-22(10-7-14)19-20-16-4-2-3-5-17(16)25-19/h2-5,14-15H,6-13H2,1H3. The fourth-order valence-electron chi connectivity index (χ4n) is 3.82. The number of hydrogen-bond acceptors (Lipinski definition) is 5. The van der Waals surface area contributed by atoms with E-state index in [1.165, 1.54) is 0 Å². The Balaban J connectivity index is 1.31. The molecule has 6 nitrogen and oxygen atoms in total. The third kappa shape index (κ3) is 3.49. The number of hydrogen-bond donors (Lipinski definition) is 0. The molecular weight excluding hydrogens is 318 g/mol. The Bertz CT molecular complexity index is 697. The molecule has 2 aliphatic heterocycles. The zero-order chi connectivity index (χ0) is 17.2. The summed E-state index contributed by atoms with van der Waals surface area (Å²) < 4.78 is 11.2. The normalized spacial score (nSPS) is 21.8. The molecule has 2 saturated heterocycles. The van der Waals surface area contributed by atoms with Crippen molar-refractivity contribution in [2.75, 3.05) is 44.8 Å². The minimum absolute atomic E-state index is 0.0600. The van der Waals surface area contributed by atoms with Crippen molar-refractivity contribution in [2.24, 2.45) is 11.8 Å². The predicted molar refractivity (Wildman–Crippen MR) is 95.5 cm³/mol. The third-order valence-electron chi connectivity index (χ3n) is 5.35. The number of carbonyl (C=O) groups excluding carboxylic acids is 1. The molecule has 1 amide bonds. The van der Waals surface area contributed by atoms with Gasteiger partial charge in [0.05, 0.1) is 12.5 Å². The van der Waals surface area contributed by atoms with Gasteiger partial charge in [0.25, 0.3) is 6.01 Å². The number of fused-ring (bicyclic) bond motifs is 1. The van der Waals surface area contributed by atoms with E-state index in [0.717, 1.165) is 50.0 Å². The van der Waals surface area contributed by atoms with Gasteiger partial charge in [-0.15, -0.1) is 0 Å². The van der Waals surface area contributed by atoms with Gasteiger partial charge in [-0.05, 0) is 37.3 Å². The largest absolute Gasteiger partial charge is 0.423 e. The van der Waals surface area contributed by atoms with Crippen LogP contribution in [0.4, 0.5) is 6.01 Å². The number of rotatable bonds is 4. The van der Waals surface area contributed by atoms with Gasteiger partial charge in [0.2, 0.25) is 5.91 Å². The summed E-state index contributed by atoms with van der Waals surface area (Å²) in [6, 6.07) is 8.58. The Hall–Kier alpha value is -2.08. The van der Waals surface area contributed by atoms with Gasteiger partial charge in [0, 0.05) is 33.3 Å². The first-order valence-electron chi connectivity index (χ1n) is 9.14. The highest BCUT2D eigenvalue weighted by atomic mass is 16.5. The molecule has 0 radical (unpaired) electrons. The monoisotopic (exact) mass is 343 g/mol. The highest BCUT2D eigenvalue weighted by molar-refractivity contribution is 5.79. The summed E-state index contributed by atoms with van der Waals surface area (Å²) >= 11 is 0. The number of benzene rings is 1. The smallest absolute Gasteiger partial charge is 0.298 e. The van der Waals surface area contributed by atoms with Crippen LogP contribution in [-0.2, 0) is 9.53 Å². The van der Waals surface area contributed by atoms with Gasteiger partial charge in [-0.25, -0.2) is 0 Å². The number of nitrogens with zero attached hydrogens (tertiary/aromatic N) is 3. The molecule has 0 bridgehead atoms. The lowest BCUT2D eigenvalue weighted by Gasteiger charge is -2.33. The first kappa shape index (κ1) is 16.4. The van der Waals surface area contributed by atoms with Crippen molar-refractivity contribution in [3.05, 3.63) is 24.3 Å². The Morgan fingerprint density at radius 3 is 2.80 bits per heavy atom. The molecule has 3 heterocycles. The molecule has 0 N–H and O–H groups in total. The second-order valence-electron chi connectivity index (χ2n) is 7.17. The van der Waals surface area contributed by atoms with Crippen LogP contribution >= 0.6 is 0 Å². The van der Waals surface area contributed by atoms with Crippen LogP contribution in [0.2, 0.25) is 0 Å². The summed E-state index contributed by atoms with van der Waals surface area (Å²) in [6.07, 6.45) is 2.97. The van der Waals surface area contributed by atoms with Crippen LogP contribution in [-0.4, -0.2) is 55.7 Å². The zero-order valence-corrected chi connectivity index (χ0v) is 14.7. The summed E-state index contributed by atoms with van der Waals surface area (Å²) in [5.74, 6) is 0.834. The van der Waals surface area contributed by atoms with E-state index in [9.17, 15) is 4.79 Å². The fourth-order valence-corrected chi connectivity index (χ4v) is 3.82. The van der Waals surface area contributed by atoms with E-state index in [1.54, 1.807) is 0 Å². The Morgan fingerprint density at radius 1 is 1.28 bits per heavy atom. The first-order valence-corrected chi connectivity index (χ1v) is 9.14. The third-order valence-corrected chi connectivity index (χ3v) is 5.35. The number of piperidine rings is 1. The van der Waals surface area contributed by atoms with Crippen molar-refractivity contribution in [1.82, 2.24) is 9.88 Å². The van der Waals surface area contributed by atoms with Crippen LogP contribution < -0.4 is 4.90 Å². The van der Waals surface area contributed by atoms with Crippen LogP contribution in [0.25, 0.3) is 11.1 Å². The van der Waals surface area contributed by atoms with E-state index in [1.807, 2.05) is 36.2 Å². The first-order chi connectivity index (χ1) is 12.2. The number of carbonyl (C=O) groups is 1. The van der Waals surface area contributed by atoms with Crippen LogP contribution in [0, 0.1) is 11.8 Å². The van der Waals surface area contributed by atoms with E-state index in [2.05, 4.69) is 9.88 Å².